The van der Waals surface area contributed by atoms with E-state index in [0.717, 1.165) is 11.1 Å². The van der Waals surface area contributed by atoms with E-state index in [1.165, 1.54) is 5.56 Å². The maximum atomic E-state index is 12.0. The van der Waals surface area contributed by atoms with Gasteiger partial charge in [-0.15, -0.1) is 0 Å². The van der Waals surface area contributed by atoms with E-state index >= 15 is 0 Å². The molecule has 0 aliphatic carbocycles. The van der Waals surface area contributed by atoms with E-state index in [4.69, 9.17) is 4.74 Å². The molecule has 0 saturated carbocycles. The second-order valence-corrected chi connectivity index (χ2v) is 5.37. The molecule has 2 aromatic carbocycles. The van der Waals surface area contributed by atoms with Crippen LogP contribution in [0.3, 0.4) is 0 Å². The lowest BCUT2D eigenvalue weighted by molar-refractivity contribution is -0.133. The highest BCUT2D eigenvalue weighted by Gasteiger charge is 2.09. The molecule has 0 atom stereocenters. The van der Waals surface area contributed by atoms with Crippen molar-refractivity contribution in [2.45, 2.75) is 33.1 Å². The smallest absolute Gasteiger partial charge is 0.315 e. The number of esters is 1. The first-order valence-corrected chi connectivity index (χ1v) is 6.91. The number of hydrogen-bond donors (Lipinski definition) is 0. The topological polar surface area (TPSA) is 26.3 Å². The highest BCUT2D eigenvalue weighted by atomic mass is 16.5. The minimum Gasteiger partial charge on any atom is -0.426 e. The third-order valence-electron chi connectivity index (χ3n) is 3.16. The molecule has 0 spiro atoms. The molecule has 0 bridgehead atoms. The second-order valence-electron chi connectivity index (χ2n) is 5.37. The standard InChI is InChI=1S/C18H20O2/c1-13(2)16-9-14(3)10-17(12-16)20-18(19)11-15-7-5-4-6-8-15/h4-10,12-13H,11H2,1-3H3. The zero-order valence-corrected chi connectivity index (χ0v) is 12.2. The Morgan fingerprint density at radius 3 is 2.45 bits per heavy atom. The van der Waals surface area contributed by atoms with Gasteiger partial charge in [0.15, 0.2) is 0 Å². The number of carbonyl (C=O) groups is 1. The lowest BCUT2D eigenvalue weighted by Gasteiger charge is -2.10. The number of hydrogen-bond acceptors (Lipinski definition) is 2. The van der Waals surface area contributed by atoms with Crippen molar-refractivity contribution in [3.05, 3.63) is 65.2 Å². The van der Waals surface area contributed by atoms with Crippen LogP contribution in [0.1, 0.15) is 36.5 Å². The monoisotopic (exact) mass is 268 g/mol. The molecule has 2 heteroatoms. The molecule has 0 unspecified atom stereocenters. The second kappa shape index (κ2) is 6.38. The van der Waals surface area contributed by atoms with Gasteiger partial charge >= 0.3 is 5.97 Å². The van der Waals surface area contributed by atoms with E-state index in [2.05, 4.69) is 19.9 Å². The molecular formula is C18H20O2. The van der Waals surface area contributed by atoms with Crippen molar-refractivity contribution in [1.82, 2.24) is 0 Å². The molecule has 104 valence electrons. The summed E-state index contributed by atoms with van der Waals surface area (Å²) in [4.78, 5) is 12.0. The van der Waals surface area contributed by atoms with Gasteiger partial charge in [-0.05, 0) is 41.7 Å². The lowest BCUT2D eigenvalue weighted by atomic mass is 10.0. The first-order valence-electron chi connectivity index (χ1n) is 6.91. The van der Waals surface area contributed by atoms with Gasteiger partial charge in [-0.3, -0.25) is 4.79 Å². The quantitative estimate of drug-likeness (QED) is 0.611. The summed E-state index contributed by atoms with van der Waals surface area (Å²) < 4.78 is 5.45. The van der Waals surface area contributed by atoms with Gasteiger partial charge in [0, 0.05) is 0 Å². The summed E-state index contributed by atoms with van der Waals surface area (Å²) in [5.41, 5.74) is 3.26. The average molecular weight is 268 g/mol. The summed E-state index contributed by atoms with van der Waals surface area (Å²) in [6, 6.07) is 15.6. The van der Waals surface area contributed by atoms with Crippen LogP contribution < -0.4 is 4.74 Å². The van der Waals surface area contributed by atoms with Gasteiger partial charge in [0.25, 0.3) is 0 Å². The number of carbonyl (C=O) groups excluding carboxylic acids is 1. The first kappa shape index (κ1) is 14.3. The molecule has 2 aromatic rings. The molecule has 0 heterocycles. The van der Waals surface area contributed by atoms with Crippen LogP contribution in [0.2, 0.25) is 0 Å². The van der Waals surface area contributed by atoms with Crippen molar-refractivity contribution >= 4 is 5.97 Å². The summed E-state index contributed by atoms with van der Waals surface area (Å²) in [7, 11) is 0. The molecule has 20 heavy (non-hydrogen) atoms. The Morgan fingerprint density at radius 2 is 1.80 bits per heavy atom. The van der Waals surface area contributed by atoms with Gasteiger partial charge in [-0.25, -0.2) is 0 Å². The zero-order chi connectivity index (χ0) is 14.5. The van der Waals surface area contributed by atoms with E-state index in [0.29, 0.717) is 18.1 Å². The highest BCUT2D eigenvalue weighted by Crippen LogP contribution is 2.23. The summed E-state index contributed by atoms with van der Waals surface area (Å²) in [5.74, 6) is 0.826. The van der Waals surface area contributed by atoms with Crippen LogP contribution in [-0.2, 0) is 11.2 Å². The van der Waals surface area contributed by atoms with E-state index in [1.807, 2.05) is 49.4 Å². The van der Waals surface area contributed by atoms with Crippen LogP contribution in [0, 0.1) is 6.92 Å². The molecular weight excluding hydrogens is 248 g/mol. The number of benzene rings is 2. The number of aryl methyl sites for hydroxylation is 1. The van der Waals surface area contributed by atoms with Crippen LogP contribution in [-0.4, -0.2) is 5.97 Å². The minimum atomic E-state index is -0.225. The Morgan fingerprint density at radius 1 is 1.10 bits per heavy atom. The van der Waals surface area contributed by atoms with Crippen molar-refractivity contribution in [2.75, 3.05) is 0 Å². The van der Waals surface area contributed by atoms with E-state index in [1.54, 1.807) is 0 Å². The normalized spacial score (nSPS) is 10.6. The average Bonchev–Trinajstić information content (AvgIpc) is 2.38. The van der Waals surface area contributed by atoms with Crippen LogP contribution >= 0.6 is 0 Å². The van der Waals surface area contributed by atoms with Gasteiger partial charge in [0.1, 0.15) is 5.75 Å². The van der Waals surface area contributed by atoms with Crippen LogP contribution in [0.5, 0.6) is 5.75 Å². The Labute approximate surface area is 120 Å². The van der Waals surface area contributed by atoms with Gasteiger partial charge < -0.3 is 4.74 Å². The maximum absolute atomic E-state index is 12.0. The number of ether oxygens (including phenoxy) is 1. The highest BCUT2D eigenvalue weighted by molar-refractivity contribution is 5.75. The molecule has 0 aromatic heterocycles. The molecule has 2 rings (SSSR count). The number of rotatable bonds is 4. The molecule has 0 aliphatic heterocycles. The van der Waals surface area contributed by atoms with Crippen molar-refractivity contribution in [3.8, 4) is 5.75 Å². The molecule has 0 aliphatic rings. The predicted octanol–water partition coefficient (Wildman–Crippen LogP) is 4.27. The van der Waals surface area contributed by atoms with Crippen LogP contribution in [0.4, 0.5) is 0 Å². The maximum Gasteiger partial charge on any atom is 0.315 e. The Balaban J connectivity index is 2.08. The minimum absolute atomic E-state index is 0.225. The summed E-state index contributed by atoms with van der Waals surface area (Å²) >= 11 is 0. The zero-order valence-electron chi connectivity index (χ0n) is 12.2. The van der Waals surface area contributed by atoms with Gasteiger partial charge in [0.2, 0.25) is 0 Å². The summed E-state index contributed by atoms with van der Waals surface area (Å²) in [6.45, 7) is 6.27. The van der Waals surface area contributed by atoms with Crippen molar-refractivity contribution < 1.29 is 9.53 Å². The fraction of sp³-hybridized carbons (Fsp3) is 0.278. The van der Waals surface area contributed by atoms with Gasteiger partial charge in [0.05, 0.1) is 6.42 Å². The predicted molar refractivity (Wildman–Crippen MR) is 81.0 cm³/mol. The third-order valence-corrected chi connectivity index (χ3v) is 3.16. The largest absolute Gasteiger partial charge is 0.426 e. The SMILES string of the molecule is Cc1cc(OC(=O)Cc2ccccc2)cc(C(C)C)c1. The Bertz CT molecular complexity index is 586. The Hall–Kier alpha value is -2.09. The lowest BCUT2D eigenvalue weighted by Crippen LogP contribution is -2.11. The first-order chi connectivity index (χ1) is 9.54. The van der Waals surface area contributed by atoms with Crippen molar-refractivity contribution in [2.24, 2.45) is 0 Å². The van der Waals surface area contributed by atoms with E-state index < -0.39 is 0 Å². The molecule has 0 fully saturated rings. The van der Waals surface area contributed by atoms with Crippen LogP contribution in [0.25, 0.3) is 0 Å². The summed E-state index contributed by atoms with van der Waals surface area (Å²) in [6.07, 6.45) is 0.297. The molecule has 0 saturated heterocycles. The van der Waals surface area contributed by atoms with Crippen molar-refractivity contribution in [3.63, 3.8) is 0 Å². The Kier molecular flexibility index (Phi) is 4.57. The fourth-order valence-electron chi connectivity index (χ4n) is 2.10. The van der Waals surface area contributed by atoms with Gasteiger partial charge in [-0.2, -0.15) is 0 Å². The molecule has 2 nitrogen and oxygen atoms in total. The van der Waals surface area contributed by atoms with Crippen LogP contribution in [0.15, 0.2) is 48.5 Å². The molecule has 0 radical (unpaired) electrons. The summed E-state index contributed by atoms with van der Waals surface area (Å²) in [5, 5.41) is 0. The van der Waals surface area contributed by atoms with E-state index in [9.17, 15) is 4.79 Å². The van der Waals surface area contributed by atoms with Crippen molar-refractivity contribution in [1.29, 1.82) is 0 Å². The molecule has 0 amide bonds. The van der Waals surface area contributed by atoms with E-state index in [-0.39, 0.29) is 5.97 Å². The fourth-order valence-corrected chi connectivity index (χ4v) is 2.10. The van der Waals surface area contributed by atoms with Gasteiger partial charge in [-0.1, -0.05) is 50.2 Å². The third kappa shape index (κ3) is 3.95. The molecule has 0 N–H and O–H groups in total.